The lowest BCUT2D eigenvalue weighted by atomic mass is 9.88. The highest BCUT2D eigenvalue weighted by Crippen LogP contribution is 2.43. The molecule has 4 aromatic rings. The second kappa shape index (κ2) is 15.3. The highest BCUT2D eigenvalue weighted by atomic mass is 19.1. The molecule has 2 fully saturated rings. The molecule has 8 rings (SSSR count). The number of rotatable bonds is 9. The van der Waals surface area contributed by atoms with Crippen molar-refractivity contribution in [3.8, 4) is 5.75 Å². The van der Waals surface area contributed by atoms with Gasteiger partial charge in [0.25, 0.3) is 5.91 Å². The van der Waals surface area contributed by atoms with Crippen LogP contribution in [0.1, 0.15) is 70.9 Å². The molecule has 2 saturated heterocycles. The Morgan fingerprint density at radius 2 is 1.72 bits per heavy atom. The lowest BCUT2D eigenvalue weighted by Crippen LogP contribution is -2.46. The van der Waals surface area contributed by atoms with Crippen LogP contribution >= 0.6 is 0 Å². The lowest BCUT2D eigenvalue weighted by Gasteiger charge is -2.39. The van der Waals surface area contributed by atoms with Crippen molar-refractivity contribution in [2.75, 3.05) is 43.9 Å². The van der Waals surface area contributed by atoms with Gasteiger partial charge in [-0.2, -0.15) is 0 Å². The molecule has 2 unspecified atom stereocenters. The smallest absolute Gasteiger partial charge is 0.255 e. The summed E-state index contributed by atoms with van der Waals surface area (Å²) in [6, 6.07) is 18.5. The Kier molecular flexibility index (Phi) is 9.96. The fourth-order valence-electron chi connectivity index (χ4n) is 7.94. The molecule has 2 atom stereocenters. The highest BCUT2D eigenvalue weighted by molar-refractivity contribution is 6.04. The van der Waals surface area contributed by atoms with E-state index in [2.05, 4.69) is 38.0 Å². The molecule has 0 saturated carbocycles. The van der Waals surface area contributed by atoms with Gasteiger partial charge in [0, 0.05) is 24.0 Å². The molecule has 10 nitrogen and oxygen atoms in total. The van der Waals surface area contributed by atoms with Crippen LogP contribution in [-0.2, 0) is 0 Å². The van der Waals surface area contributed by atoms with Gasteiger partial charge >= 0.3 is 0 Å². The molecular formula is C41H42F2N8O2. The summed E-state index contributed by atoms with van der Waals surface area (Å²) in [7, 11) is 1.68. The number of ether oxygens (including phenoxy) is 1. The summed E-state index contributed by atoms with van der Waals surface area (Å²) in [5, 5.41) is 9.24. The summed E-state index contributed by atoms with van der Waals surface area (Å²) in [6.45, 7) is 4.48. The number of hydrogen-bond donors (Lipinski definition) is 3. The number of allylic oxidation sites excluding steroid dienone is 2. The number of benzene rings is 3. The maximum atomic E-state index is 14.3. The Hall–Kier alpha value is -5.46. The number of aliphatic imine (C=N–C) groups is 1. The minimum atomic E-state index is -0.849. The maximum absolute atomic E-state index is 14.3. The van der Waals surface area contributed by atoms with Crippen molar-refractivity contribution in [3.63, 3.8) is 0 Å². The fraction of sp³-hybridized carbons (Fsp3) is 0.317. The number of para-hydroxylation sites is 1. The van der Waals surface area contributed by atoms with E-state index in [1.807, 2.05) is 47.5 Å². The van der Waals surface area contributed by atoms with Gasteiger partial charge in [0.1, 0.15) is 41.0 Å². The first-order valence-corrected chi connectivity index (χ1v) is 18.2. The number of piperidine rings is 2. The average Bonchev–Trinajstić information content (AvgIpc) is 3.60. The number of methoxy groups -OCH3 is 1. The number of amides is 1. The molecule has 0 aliphatic carbocycles. The zero-order valence-corrected chi connectivity index (χ0v) is 29.5. The number of nitrogens with zero attached hydrogens (tertiary/aromatic N) is 5. The van der Waals surface area contributed by atoms with Gasteiger partial charge in [-0.1, -0.05) is 30.3 Å². The van der Waals surface area contributed by atoms with Crippen LogP contribution in [0.5, 0.6) is 5.75 Å². The Labute approximate surface area is 307 Å². The van der Waals surface area contributed by atoms with Crippen molar-refractivity contribution in [2.45, 2.75) is 49.7 Å². The van der Waals surface area contributed by atoms with Crippen LogP contribution in [-0.4, -0.2) is 70.8 Å². The zero-order valence-electron chi connectivity index (χ0n) is 29.5. The Balaban J connectivity index is 1.01. The summed E-state index contributed by atoms with van der Waals surface area (Å²) >= 11 is 0. The molecule has 0 spiro atoms. The first-order valence-electron chi connectivity index (χ1n) is 18.2. The molecule has 0 bridgehead atoms. The van der Waals surface area contributed by atoms with Gasteiger partial charge in [-0.05, 0) is 124 Å². The number of nitrogens with one attached hydrogen (secondary N) is 3. The van der Waals surface area contributed by atoms with E-state index in [0.29, 0.717) is 23.6 Å². The number of amidine groups is 1. The van der Waals surface area contributed by atoms with Gasteiger partial charge in [-0.25, -0.2) is 18.7 Å². The van der Waals surface area contributed by atoms with Gasteiger partial charge in [0.2, 0.25) is 5.95 Å². The normalized spacial score (nSPS) is 20.6. The minimum absolute atomic E-state index is 0.243. The van der Waals surface area contributed by atoms with E-state index in [1.54, 1.807) is 31.5 Å². The number of carbonyl (C=O) groups excluding carboxylic acids is 1. The molecular weight excluding hydrogens is 675 g/mol. The second-order valence-electron chi connectivity index (χ2n) is 13.8. The molecule has 1 amide bonds. The van der Waals surface area contributed by atoms with E-state index < -0.39 is 29.3 Å². The van der Waals surface area contributed by atoms with E-state index in [-0.39, 0.29) is 11.6 Å². The lowest BCUT2D eigenvalue weighted by molar-refractivity contribution is 0.102. The predicted octanol–water partition coefficient (Wildman–Crippen LogP) is 7.27. The number of carbonyl (C=O) groups is 1. The van der Waals surface area contributed by atoms with Gasteiger partial charge in [-0.3, -0.25) is 9.79 Å². The van der Waals surface area contributed by atoms with Crippen LogP contribution in [0.2, 0.25) is 0 Å². The summed E-state index contributed by atoms with van der Waals surface area (Å²) in [5.74, 6) is 0.0455. The third-order valence-electron chi connectivity index (χ3n) is 10.7. The molecule has 0 radical (unpaired) electrons. The minimum Gasteiger partial charge on any atom is -0.495 e. The highest BCUT2D eigenvalue weighted by Gasteiger charge is 2.38. The van der Waals surface area contributed by atoms with E-state index in [4.69, 9.17) is 14.7 Å². The molecule has 3 aromatic carbocycles. The summed E-state index contributed by atoms with van der Waals surface area (Å²) < 4.78 is 34.5. The summed E-state index contributed by atoms with van der Waals surface area (Å²) in [4.78, 5) is 32.4. The van der Waals surface area contributed by atoms with E-state index in [1.165, 1.54) is 24.5 Å². The zero-order chi connectivity index (χ0) is 36.3. The van der Waals surface area contributed by atoms with Crippen molar-refractivity contribution >= 4 is 29.1 Å². The monoisotopic (exact) mass is 716 g/mol. The van der Waals surface area contributed by atoms with E-state index >= 15 is 0 Å². The van der Waals surface area contributed by atoms with Crippen molar-refractivity contribution in [1.29, 1.82) is 0 Å². The topological polar surface area (TPSA) is 107 Å². The molecule has 272 valence electrons. The first kappa shape index (κ1) is 34.6. The SMILES string of the molecule is COc1cc(C2CCN(C3CCNCC3)CC2)ccc1Nc1nccc(C2C(c3cccc(C(=O)Nc4c(F)cccc4F)c3)N=C3C=CC=CN32)n1. The number of halogens is 2. The van der Waals surface area contributed by atoms with Crippen molar-refractivity contribution < 1.29 is 18.3 Å². The van der Waals surface area contributed by atoms with E-state index in [0.717, 1.165) is 74.0 Å². The van der Waals surface area contributed by atoms with Crippen molar-refractivity contribution in [2.24, 2.45) is 4.99 Å². The molecule has 53 heavy (non-hydrogen) atoms. The molecule has 3 N–H and O–H groups in total. The number of hydrogen-bond acceptors (Lipinski definition) is 9. The predicted molar refractivity (Wildman–Crippen MR) is 202 cm³/mol. The second-order valence-corrected chi connectivity index (χ2v) is 13.8. The Morgan fingerprint density at radius 3 is 2.51 bits per heavy atom. The summed E-state index contributed by atoms with van der Waals surface area (Å²) in [6.07, 6.45) is 14.2. The van der Waals surface area contributed by atoms with Crippen molar-refractivity contribution in [1.82, 2.24) is 25.1 Å². The quantitative estimate of drug-likeness (QED) is 0.166. The van der Waals surface area contributed by atoms with Gasteiger partial charge in [0.05, 0.1) is 18.5 Å². The van der Waals surface area contributed by atoms with Gasteiger partial charge in [-0.15, -0.1) is 0 Å². The fourth-order valence-corrected chi connectivity index (χ4v) is 7.94. The number of aromatic nitrogens is 2. The maximum Gasteiger partial charge on any atom is 0.255 e. The van der Waals surface area contributed by atoms with Gasteiger partial charge in [0.15, 0.2) is 0 Å². The largest absolute Gasteiger partial charge is 0.495 e. The first-order chi connectivity index (χ1) is 25.9. The number of anilines is 3. The van der Waals surface area contributed by atoms with E-state index in [9.17, 15) is 13.6 Å². The molecule has 1 aromatic heterocycles. The summed E-state index contributed by atoms with van der Waals surface area (Å²) in [5.41, 5.74) is 3.26. The van der Waals surface area contributed by atoms with Crippen molar-refractivity contribution in [3.05, 3.63) is 131 Å². The molecule has 4 aliphatic heterocycles. The van der Waals surface area contributed by atoms with Crippen LogP contribution in [0, 0.1) is 11.6 Å². The molecule has 4 aliphatic rings. The molecule has 5 heterocycles. The number of fused-ring (bicyclic) bond motifs is 1. The number of likely N-dealkylation sites (tertiary alicyclic amines) is 1. The van der Waals surface area contributed by atoms with Crippen LogP contribution in [0.15, 0.2) is 102 Å². The van der Waals surface area contributed by atoms with Gasteiger partial charge < -0.3 is 30.5 Å². The Bertz CT molecular complexity index is 2050. The molecule has 12 heteroatoms. The average molecular weight is 717 g/mol. The van der Waals surface area contributed by atoms with Crippen LogP contribution in [0.25, 0.3) is 0 Å². The van der Waals surface area contributed by atoms with Crippen LogP contribution in [0.3, 0.4) is 0 Å². The Morgan fingerprint density at radius 1 is 0.925 bits per heavy atom. The van der Waals surface area contributed by atoms with Crippen LogP contribution < -0.4 is 20.7 Å². The third-order valence-corrected chi connectivity index (χ3v) is 10.7. The standard InChI is InChI=1S/C41H42F2N8O2/c1-53-35-25-27(26-16-22-50(23-17-26)30-13-18-44-19-14-30)11-12-33(35)46-41-45-20-15-34(47-41)39-37(48-36-10-2-3-21-51(36)39)28-6-4-7-29(24-28)40(52)49-38-31(42)8-5-9-32(38)43/h2-12,15,20-21,24-26,30,37,39,44H,13-14,16-19,22-23H2,1H3,(H,49,52)(H,45,46,47). The third kappa shape index (κ3) is 7.29. The van der Waals surface area contributed by atoms with Crippen LogP contribution in [0.4, 0.5) is 26.1 Å².